The fraction of sp³-hybridized carbons (Fsp3) is 0.571. The zero-order valence-corrected chi connectivity index (χ0v) is 10.7. The minimum absolute atomic E-state index is 0.0945. The van der Waals surface area contributed by atoms with Crippen molar-refractivity contribution in [2.45, 2.75) is 45.6 Å². The lowest BCUT2D eigenvalue weighted by molar-refractivity contribution is -0.0513. The standard InChI is InChI=1S/C14H21F2N/c1-10(2)14(15,16)13-8-6-12(7-9-13)5-4-11(3)17/h6-11H,4-5,17H2,1-3H3. The molecule has 2 N–H and O–H groups in total. The first-order chi connectivity index (χ1) is 7.84. The highest BCUT2D eigenvalue weighted by molar-refractivity contribution is 5.26. The van der Waals surface area contributed by atoms with Crippen LogP contribution in [0.3, 0.4) is 0 Å². The number of alkyl halides is 2. The van der Waals surface area contributed by atoms with Gasteiger partial charge in [0.15, 0.2) is 0 Å². The van der Waals surface area contributed by atoms with Gasteiger partial charge in [0, 0.05) is 17.5 Å². The second kappa shape index (κ2) is 5.58. The fourth-order valence-electron chi connectivity index (χ4n) is 1.62. The third kappa shape index (κ3) is 3.77. The van der Waals surface area contributed by atoms with Gasteiger partial charge in [-0.2, -0.15) is 0 Å². The van der Waals surface area contributed by atoms with E-state index in [4.69, 9.17) is 5.73 Å². The predicted octanol–water partition coefficient (Wildman–Crippen LogP) is 3.71. The summed E-state index contributed by atoms with van der Waals surface area (Å²) in [6.45, 7) is 5.01. The Balaban J connectivity index is 2.74. The fourth-order valence-corrected chi connectivity index (χ4v) is 1.62. The number of hydrogen-bond acceptors (Lipinski definition) is 1. The summed E-state index contributed by atoms with van der Waals surface area (Å²) in [5, 5.41) is 0. The molecule has 0 radical (unpaired) electrons. The lowest BCUT2D eigenvalue weighted by Gasteiger charge is -2.21. The van der Waals surface area contributed by atoms with Crippen molar-refractivity contribution in [3.63, 3.8) is 0 Å². The summed E-state index contributed by atoms with van der Waals surface area (Å²) in [4.78, 5) is 0. The molecule has 0 bridgehead atoms. The first kappa shape index (κ1) is 14.1. The van der Waals surface area contributed by atoms with Gasteiger partial charge in [-0.1, -0.05) is 38.1 Å². The van der Waals surface area contributed by atoms with Crippen molar-refractivity contribution in [3.8, 4) is 0 Å². The quantitative estimate of drug-likeness (QED) is 0.835. The molecule has 1 unspecified atom stereocenters. The minimum atomic E-state index is -2.75. The van der Waals surface area contributed by atoms with Crippen molar-refractivity contribution < 1.29 is 8.78 Å². The van der Waals surface area contributed by atoms with E-state index in [1.54, 1.807) is 12.1 Å². The molecule has 0 aliphatic heterocycles. The van der Waals surface area contributed by atoms with Gasteiger partial charge in [-0.05, 0) is 25.3 Å². The van der Waals surface area contributed by atoms with Crippen LogP contribution in [0, 0.1) is 5.92 Å². The Morgan fingerprint density at radius 3 is 2.06 bits per heavy atom. The lowest BCUT2D eigenvalue weighted by atomic mass is 9.96. The van der Waals surface area contributed by atoms with Gasteiger partial charge in [-0.3, -0.25) is 0 Å². The molecular weight excluding hydrogens is 220 g/mol. The van der Waals surface area contributed by atoms with E-state index in [0.29, 0.717) is 0 Å². The molecule has 17 heavy (non-hydrogen) atoms. The van der Waals surface area contributed by atoms with Gasteiger partial charge in [0.25, 0.3) is 5.92 Å². The Kier molecular flexibility index (Phi) is 4.63. The van der Waals surface area contributed by atoms with Crippen molar-refractivity contribution >= 4 is 0 Å². The van der Waals surface area contributed by atoms with Crippen LogP contribution in [-0.2, 0) is 12.3 Å². The van der Waals surface area contributed by atoms with Crippen LogP contribution in [0.25, 0.3) is 0 Å². The molecule has 1 nitrogen and oxygen atoms in total. The van der Waals surface area contributed by atoms with E-state index in [0.717, 1.165) is 18.4 Å². The van der Waals surface area contributed by atoms with Crippen LogP contribution < -0.4 is 5.73 Å². The summed E-state index contributed by atoms with van der Waals surface area (Å²) in [5.74, 6) is -3.43. The molecule has 0 fully saturated rings. The minimum Gasteiger partial charge on any atom is -0.328 e. The topological polar surface area (TPSA) is 26.0 Å². The monoisotopic (exact) mass is 241 g/mol. The van der Waals surface area contributed by atoms with Gasteiger partial charge in [0.2, 0.25) is 0 Å². The third-order valence-electron chi connectivity index (χ3n) is 2.95. The summed E-state index contributed by atoms with van der Waals surface area (Å²) < 4.78 is 27.4. The van der Waals surface area contributed by atoms with E-state index < -0.39 is 11.8 Å². The molecule has 1 atom stereocenters. The maximum atomic E-state index is 13.7. The smallest absolute Gasteiger partial charge is 0.275 e. The summed E-state index contributed by atoms with van der Waals surface area (Å²) in [7, 11) is 0. The van der Waals surface area contributed by atoms with Crippen LogP contribution in [-0.4, -0.2) is 6.04 Å². The zero-order chi connectivity index (χ0) is 13.1. The number of aryl methyl sites for hydroxylation is 1. The Morgan fingerprint density at radius 1 is 1.12 bits per heavy atom. The molecule has 0 saturated carbocycles. The molecule has 1 aromatic rings. The molecule has 1 rings (SSSR count). The molecule has 0 saturated heterocycles. The average molecular weight is 241 g/mol. The summed E-state index contributed by atoms with van der Waals surface area (Å²) in [6.07, 6.45) is 1.71. The largest absolute Gasteiger partial charge is 0.328 e. The van der Waals surface area contributed by atoms with E-state index in [2.05, 4.69) is 0 Å². The van der Waals surface area contributed by atoms with E-state index in [-0.39, 0.29) is 11.6 Å². The second-order valence-corrected chi connectivity index (χ2v) is 4.99. The van der Waals surface area contributed by atoms with Gasteiger partial charge in [0.1, 0.15) is 0 Å². The van der Waals surface area contributed by atoms with E-state index in [1.165, 1.54) is 26.0 Å². The Bertz CT molecular complexity index is 342. The molecule has 3 heteroatoms. The van der Waals surface area contributed by atoms with Crippen molar-refractivity contribution in [3.05, 3.63) is 35.4 Å². The number of hydrogen-bond donors (Lipinski definition) is 1. The van der Waals surface area contributed by atoms with Crippen LogP contribution in [0.1, 0.15) is 38.3 Å². The number of benzene rings is 1. The molecule has 0 spiro atoms. The maximum Gasteiger partial charge on any atom is 0.275 e. The maximum absolute atomic E-state index is 13.7. The second-order valence-electron chi connectivity index (χ2n) is 4.99. The number of nitrogens with two attached hydrogens (primary N) is 1. The first-order valence-electron chi connectivity index (χ1n) is 6.07. The van der Waals surface area contributed by atoms with Crippen LogP contribution in [0.15, 0.2) is 24.3 Å². The number of rotatable bonds is 5. The van der Waals surface area contributed by atoms with Gasteiger partial charge in [0.05, 0.1) is 0 Å². The van der Waals surface area contributed by atoms with Gasteiger partial charge < -0.3 is 5.73 Å². The van der Waals surface area contributed by atoms with E-state index >= 15 is 0 Å². The molecular formula is C14H21F2N. The lowest BCUT2D eigenvalue weighted by Crippen LogP contribution is -2.20. The summed E-state index contributed by atoms with van der Waals surface area (Å²) in [5.41, 5.74) is 6.81. The Morgan fingerprint density at radius 2 is 1.65 bits per heavy atom. The highest BCUT2D eigenvalue weighted by Gasteiger charge is 2.35. The van der Waals surface area contributed by atoms with Crippen molar-refractivity contribution in [1.29, 1.82) is 0 Å². The normalized spacial score (nSPS) is 14.1. The number of halogens is 2. The van der Waals surface area contributed by atoms with Gasteiger partial charge in [-0.25, -0.2) is 8.78 Å². The van der Waals surface area contributed by atoms with Crippen LogP contribution in [0.2, 0.25) is 0 Å². The van der Waals surface area contributed by atoms with Crippen LogP contribution in [0.5, 0.6) is 0 Å². The molecule has 0 heterocycles. The molecule has 0 aliphatic rings. The predicted molar refractivity (Wildman–Crippen MR) is 67.1 cm³/mol. The molecule has 1 aromatic carbocycles. The first-order valence-corrected chi connectivity index (χ1v) is 6.07. The SMILES string of the molecule is CC(N)CCc1ccc(C(F)(F)C(C)C)cc1. The summed E-state index contributed by atoms with van der Waals surface area (Å²) in [6, 6.07) is 6.74. The highest BCUT2D eigenvalue weighted by atomic mass is 19.3. The Labute approximate surface area is 102 Å². The van der Waals surface area contributed by atoms with Gasteiger partial charge in [-0.15, -0.1) is 0 Å². The summed E-state index contributed by atoms with van der Waals surface area (Å²) >= 11 is 0. The molecule has 96 valence electrons. The van der Waals surface area contributed by atoms with Gasteiger partial charge >= 0.3 is 0 Å². The molecule has 0 amide bonds. The van der Waals surface area contributed by atoms with Crippen molar-refractivity contribution in [2.75, 3.05) is 0 Å². The van der Waals surface area contributed by atoms with Crippen molar-refractivity contribution in [1.82, 2.24) is 0 Å². The zero-order valence-electron chi connectivity index (χ0n) is 10.7. The molecule has 0 aliphatic carbocycles. The average Bonchev–Trinajstić information content (AvgIpc) is 2.26. The Hall–Kier alpha value is -0.960. The van der Waals surface area contributed by atoms with E-state index in [9.17, 15) is 8.78 Å². The molecule has 0 aromatic heterocycles. The van der Waals surface area contributed by atoms with E-state index in [1.807, 2.05) is 6.92 Å². The highest BCUT2D eigenvalue weighted by Crippen LogP contribution is 2.35. The third-order valence-corrected chi connectivity index (χ3v) is 2.95. The van der Waals surface area contributed by atoms with Crippen LogP contribution >= 0.6 is 0 Å². The van der Waals surface area contributed by atoms with Crippen LogP contribution in [0.4, 0.5) is 8.78 Å². The van der Waals surface area contributed by atoms with Crippen molar-refractivity contribution in [2.24, 2.45) is 11.7 Å².